The van der Waals surface area contributed by atoms with E-state index in [0.717, 1.165) is 49.1 Å². The molecule has 1 aromatic rings. The predicted octanol–water partition coefficient (Wildman–Crippen LogP) is 3.27. The molecule has 0 saturated heterocycles. The molecule has 0 amide bonds. The van der Waals surface area contributed by atoms with E-state index in [4.69, 9.17) is 9.47 Å². The fourth-order valence-electron chi connectivity index (χ4n) is 3.07. The number of aliphatic imine (C=N–C) groups is 1. The highest BCUT2D eigenvalue weighted by molar-refractivity contribution is 5.79. The lowest BCUT2D eigenvalue weighted by Crippen LogP contribution is -2.41. The maximum absolute atomic E-state index is 5.36. The molecule has 0 heterocycles. The highest BCUT2D eigenvalue weighted by atomic mass is 16.5. The number of nitrogens with zero attached hydrogens (tertiary/aromatic N) is 2. The molecule has 154 valence electrons. The van der Waals surface area contributed by atoms with Crippen molar-refractivity contribution < 1.29 is 9.47 Å². The Bertz CT molecular complexity index is 565. The topological polar surface area (TPSA) is 58.1 Å². The molecule has 0 fully saturated rings. The van der Waals surface area contributed by atoms with Gasteiger partial charge in [0.1, 0.15) is 0 Å². The molecule has 0 radical (unpaired) electrons. The molecule has 0 bridgehead atoms. The Kier molecular flexibility index (Phi) is 10.6. The summed E-state index contributed by atoms with van der Waals surface area (Å²) in [5, 5.41) is 6.74. The number of nitrogens with one attached hydrogen (secondary N) is 2. The first-order chi connectivity index (χ1) is 12.9. The molecule has 0 aliphatic carbocycles. The van der Waals surface area contributed by atoms with Crippen molar-refractivity contribution in [1.29, 1.82) is 0 Å². The van der Waals surface area contributed by atoms with E-state index in [0.29, 0.717) is 18.6 Å². The zero-order chi connectivity index (χ0) is 20.2. The summed E-state index contributed by atoms with van der Waals surface area (Å²) in [6.07, 6.45) is 1.08. The lowest BCUT2D eigenvalue weighted by Gasteiger charge is -2.30. The van der Waals surface area contributed by atoms with E-state index in [9.17, 15) is 0 Å². The Morgan fingerprint density at radius 3 is 2.26 bits per heavy atom. The van der Waals surface area contributed by atoms with E-state index in [1.807, 2.05) is 18.2 Å². The fourth-order valence-corrected chi connectivity index (χ4v) is 3.07. The fraction of sp³-hybridized carbons (Fsp3) is 0.667. The van der Waals surface area contributed by atoms with Gasteiger partial charge in [0.15, 0.2) is 17.5 Å². The van der Waals surface area contributed by atoms with Gasteiger partial charge in [-0.3, -0.25) is 4.90 Å². The first kappa shape index (κ1) is 23.1. The second-order valence-electron chi connectivity index (χ2n) is 7.09. The van der Waals surface area contributed by atoms with E-state index >= 15 is 0 Å². The van der Waals surface area contributed by atoms with E-state index in [2.05, 4.69) is 55.1 Å². The number of ether oxygens (including phenoxy) is 2. The van der Waals surface area contributed by atoms with E-state index in [1.165, 1.54) is 0 Å². The van der Waals surface area contributed by atoms with Crippen molar-refractivity contribution in [1.82, 2.24) is 15.5 Å². The van der Waals surface area contributed by atoms with Gasteiger partial charge in [0, 0.05) is 31.7 Å². The third-order valence-corrected chi connectivity index (χ3v) is 4.42. The lowest BCUT2D eigenvalue weighted by molar-refractivity contribution is 0.173. The average molecular weight is 379 g/mol. The minimum absolute atomic E-state index is 0.567. The summed E-state index contributed by atoms with van der Waals surface area (Å²) in [7, 11) is 3.29. The second kappa shape index (κ2) is 12.4. The van der Waals surface area contributed by atoms with Crippen LogP contribution in [0.3, 0.4) is 0 Å². The molecule has 27 heavy (non-hydrogen) atoms. The number of rotatable bonds is 11. The number of methoxy groups -OCH3 is 2. The second-order valence-corrected chi connectivity index (χ2v) is 7.09. The van der Waals surface area contributed by atoms with Gasteiger partial charge < -0.3 is 20.1 Å². The van der Waals surface area contributed by atoms with Crippen molar-refractivity contribution in [2.24, 2.45) is 4.99 Å². The zero-order valence-electron chi connectivity index (χ0n) is 18.1. The van der Waals surface area contributed by atoms with Crippen molar-refractivity contribution >= 4 is 5.96 Å². The third-order valence-electron chi connectivity index (χ3n) is 4.42. The smallest absolute Gasteiger partial charge is 0.191 e. The number of hydrogen-bond donors (Lipinski definition) is 2. The van der Waals surface area contributed by atoms with Gasteiger partial charge >= 0.3 is 0 Å². The Labute approximate surface area is 165 Å². The molecule has 1 aromatic carbocycles. The van der Waals surface area contributed by atoms with Crippen LogP contribution in [0, 0.1) is 0 Å². The molecular weight excluding hydrogens is 340 g/mol. The van der Waals surface area contributed by atoms with Crippen LogP contribution in [0.25, 0.3) is 0 Å². The number of guanidine groups is 1. The molecule has 0 saturated carbocycles. The molecule has 0 unspecified atom stereocenters. The first-order valence-corrected chi connectivity index (χ1v) is 9.91. The van der Waals surface area contributed by atoms with Crippen LogP contribution in [0.4, 0.5) is 0 Å². The van der Waals surface area contributed by atoms with Crippen LogP contribution in [-0.2, 0) is 6.54 Å². The molecule has 0 aromatic heterocycles. The molecule has 0 spiro atoms. The molecule has 6 nitrogen and oxygen atoms in total. The highest BCUT2D eigenvalue weighted by Crippen LogP contribution is 2.27. The van der Waals surface area contributed by atoms with Crippen LogP contribution in [0.2, 0.25) is 0 Å². The summed E-state index contributed by atoms with van der Waals surface area (Å²) in [5.41, 5.74) is 1.08. The molecule has 2 N–H and O–H groups in total. The molecule has 0 atom stereocenters. The maximum atomic E-state index is 5.36. The molecular formula is C21H38N4O2. The normalized spacial score (nSPS) is 12.0. The predicted molar refractivity (Wildman–Crippen MR) is 114 cm³/mol. The van der Waals surface area contributed by atoms with E-state index in [-0.39, 0.29) is 0 Å². The lowest BCUT2D eigenvalue weighted by atomic mass is 10.2. The van der Waals surface area contributed by atoms with Crippen LogP contribution in [0.15, 0.2) is 23.2 Å². The van der Waals surface area contributed by atoms with E-state index < -0.39 is 0 Å². The first-order valence-electron chi connectivity index (χ1n) is 9.91. The Morgan fingerprint density at radius 1 is 1.04 bits per heavy atom. The van der Waals surface area contributed by atoms with Gasteiger partial charge in [-0.2, -0.15) is 0 Å². The minimum atomic E-state index is 0.567. The number of hydrogen-bond acceptors (Lipinski definition) is 4. The van der Waals surface area contributed by atoms with Gasteiger partial charge in [-0.1, -0.05) is 6.07 Å². The monoisotopic (exact) mass is 378 g/mol. The Balaban J connectivity index is 2.60. The summed E-state index contributed by atoms with van der Waals surface area (Å²) >= 11 is 0. The summed E-state index contributed by atoms with van der Waals surface area (Å²) in [6, 6.07) is 7.03. The summed E-state index contributed by atoms with van der Waals surface area (Å²) in [4.78, 5) is 7.20. The van der Waals surface area contributed by atoms with Gasteiger partial charge in [-0.05, 0) is 58.7 Å². The summed E-state index contributed by atoms with van der Waals surface area (Å²) in [5.74, 6) is 2.30. The molecule has 0 aliphatic heterocycles. The molecule has 6 heteroatoms. The van der Waals surface area contributed by atoms with Crippen LogP contribution < -0.4 is 20.1 Å². The average Bonchev–Trinajstić information content (AvgIpc) is 2.64. The minimum Gasteiger partial charge on any atom is -0.493 e. The Morgan fingerprint density at radius 2 is 1.70 bits per heavy atom. The van der Waals surface area contributed by atoms with E-state index in [1.54, 1.807) is 14.2 Å². The zero-order valence-corrected chi connectivity index (χ0v) is 18.1. The SMILES string of the molecule is CCNC(=NCc1ccc(OC)c(OC)c1)NCCCN(C(C)C)C(C)C. The van der Waals surface area contributed by atoms with Crippen LogP contribution in [-0.4, -0.2) is 56.8 Å². The van der Waals surface area contributed by atoms with Crippen molar-refractivity contribution in [3.05, 3.63) is 23.8 Å². The third kappa shape index (κ3) is 8.08. The van der Waals surface area contributed by atoms with Crippen LogP contribution >= 0.6 is 0 Å². The largest absolute Gasteiger partial charge is 0.493 e. The summed E-state index contributed by atoms with van der Waals surface area (Å²) < 4.78 is 10.6. The van der Waals surface area contributed by atoms with Gasteiger partial charge in [0.2, 0.25) is 0 Å². The van der Waals surface area contributed by atoms with Gasteiger partial charge in [0.25, 0.3) is 0 Å². The van der Waals surface area contributed by atoms with Crippen molar-refractivity contribution in [2.45, 2.75) is 59.7 Å². The maximum Gasteiger partial charge on any atom is 0.191 e. The van der Waals surface area contributed by atoms with Crippen molar-refractivity contribution in [2.75, 3.05) is 33.9 Å². The Hall–Kier alpha value is -1.95. The van der Waals surface area contributed by atoms with Gasteiger partial charge in [-0.25, -0.2) is 4.99 Å². The number of benzene rings is 1. The van der Waals surface area contributed by atoms with Gasteiger partial charge in [0.05, 0.1) is 20.8 Å². The van der Waals surface area contributed by atoms with Crippen molar-refractivity contribution in [3.63, 3.8) is 0 Å². The quantitative estimate of drug-likeness (QED) is 0.352. The molecule has 0 aliphatic rings. The summed E-state index contributed by atoms with van der Waals surface area (Å²) in [6.45, 7) is 14.5. The molecule has 1 rings (SSSR count). The van der Waals surface area contributed by atoms with Crippen LogP contribution in [0.5, 0.6) is 11.5 Å². The van der Waals surface area contributed by atoms with Gasteiger partial charge in [-0.15, -0.1) is 0 Å². The highest BCUT2D eigenvalue weighted by Gasteiger charge is 2.12. The van der Waals surface area contributed by atoms with Crippen LogP contribution in [0.1, 0.15) is 46.6 Å². The van der Waals surface area contributed by atoms with Crippen molar-refractivity contribution in [3.8, 4) is 11.5 Å². The standard InChI is InChI=1S/C21H38N4O2/c1-8-22-21(23-12-9-13-25(16(2)3)17(4)5)24-15-18-10-11-19(26-6)20(14-18)27-7/h10-11,14,16-17H,8-9,12-13,15H2,1-7H3,(H2,22,23,24).